The third-order valence-corrected chi connectivity index (χ3v) is 15.3. The summed E-state index contributed by atoms with van der Waals surface area (Å²) >= 11 is 1.54. The Bertz CT molecular complexity index is 2810. The Morgan fingerprint density at radius 2 is 1.33 bits per heavy atom. The number of benzene rings is 4. The second kappa shape index (κ2) is 15.1. The number of halogens is 3. The van der Waals surface area contributed by atoms with Crippen LogP contribution in [0.2, 0.25) is 0 Å². The number of hydrogen-bond acceptors (Lipinski definition) is 5. The average molecular weight is 837 g/mol. The Balaban J connectivity index is 0.000000147. The van der Waals surface area contributed by atoms with E-state index in [-0.39, 0.29) is 35.5 Å². The molecular formula is C51H47F3N4O2S. The fourth-order valence-electron chi connectivity index (χ4n) is 10.8. The Kier molecular flexibility index (Phi) is 9.81. The SMILES string of the molecule is C[C@]12Cc3cnn(-c4ccc(F)cc4)c3C=C1CC[C@@H]2[C@@H](O)Cc1ccccc1.C[C@]12Cc3cnn(-c4ccc(F)cc4)c3C=C1CC[C@]2(F)[C@@H](O)c1csc2ccccc12. The summed E-state index contributed by atoms with van der Waals surface area (Å²) in [5, 5.41) is 34.4. The summed E-state index contributed by atoms with van der Waals surface area (Å²) < 4.78 is 48.2. The maximum absolute atomic E-state index is 16.8. The van der Waals surface area contributed by atoms with Crippen LogP contribution in [0.4, 0.5) is 13.2 Å². The molecule has 3 heterocycles. The van der Waals surface area contributed by atoms with Crippen LogP contribution in [0.25, 0.3) is 33.6 Å². The number of allylic oxidation sites excluding steroid dienone is 2. The minimum atomic E-state index is -1.78. The van der Waals surface area contributed by atoms with Crippen molar-refractivity contribution in [3.63, 3.8) is 0 Å². The van der Waals surface area contributed by atoms with E-state index in [4.69, 9.17) is 0 Å². The van der Waals surface area contributed by atoms with Crippen molar-refractivity contribution in [2.24, 2.45) is 16.7 Å². The molecular weight excluding hydrogens is 790 g/mol. The predicted molar refractivity (Wildman–Crippen MR) is 235 cm³/mol. The van der Waals surface area contributed by atoms with E-state index in [1.807, 2.05) is 71.7 Å². The van der Waals surface area contributed by atoms with E-state index < -0.39 is 17.2 Å². The van der Waals surface area contributed by atoms with Gasteiger partial charge in [0.2, 0.25) is 0 Å². The predicted octanol–water partition coefficient (Wildman–Crippen LogP) is 11.4. The Hall–Kier alpha value is -5.55. The summed E-state index contributed by atoms with van der Waals surface area (Å²) in [5.41, 5.74) is 7.35. The van der Waals surface area contributed by atoms with Gasteiger partial charge in [0.15, 0.2) is 5.67 Å². The van der Waals surface area contributed by atoms with Gasteiger partial charge in [-0.15, -0.1) is 11.3 Å². The van der Waals surface area contributed by atoms with Crippen LogP contribution in [0.3, 0.4) is 0 Å². The highest BCUT2D eigenvalue weighted by Crippen LogP contribution is 2.62. The van der Waals surface area contributed by atoms with Gasteiger partial charge in [-0.25, -0.2) is 22.5 Å². The van der Waals surface area contributed by atoms with Crippen LogP contribution in [0.15, 0.2) is 132 Å². The molecule has 2 N–H and O–H groups in total. The van der Waals surface area contributed by atoms with E-state index in [0.717, 1.165) is 63.2 Å². The van der Waals surface area contributed by atoms with Gasteiger partial charge in [0.1, 0.15) is 17.7 Å². The lowest BCUT2D eigenvalue weighted by Crippen LogP contribution is -2.46. The zero-order valence-electron chi connectivity index (χ0n) is 34.1. The third kappa shape index (κ3) is 6.62. The minimum Gasteiger partial charge on any atom is -0.392 e. The summed E-state index contributed by atoms with van der Waals surface area (Å²) in [5.74, 6) is -0.309. The van der Waals surface area contributed by atoms with Crippen molar-refractivity contribution in [3.8, 4) is 11.4 Å². The van der Waals surface area contributed by atoms with Gasteiger partial charge in [-0.05, 0) is 150 Å². The standard InChI is InChI=1S/C26H22F2N2OS.C25H25FN2O/c1-25-13-16-14-29-30(19-8-6-18(27)7-9-19)22(16)12-17(25)10-11-26(25,28)24(31)21-15-32-23-5-3-2-4-20(21)23;1-25-15-18-16-27-28(21-10-8-20(26)9-11-21)23(18)14-19(25)7-12-22(25)24(29)13-17-5-3-2-4-6-17/h2-9,12,14-15,24,31H,10-11,13H2,1H3;2-6,8-11,14,16,22,24,29H,7,12-13,15H2,1H3/t24-,25-,26-;22-,24+,25+/m01/s1. The van der Waals surface area contributed by atoms with Crippen molar-refractivity contribution in [3.05, 3.63) is 177 Å². The molecule has 7 aromatic rings. The van der Waals surface area contributed by atoms with Crippen LogP contribution in [-0.4, -0.2) is 41.5 Å². The molecule has 2 fully saturated rings. The maximum atomic E-state index is 16.8. The van der Waals surface area contributed by atoms with Gasteiger partial charge >= 0.3 is 0 Å². The van der Waals surface area contributed by atoms with E-state index in [9.17, 15) is 19.0 Å². The topological polar surface area (TPSA) is 76.1 Å². The van der Waals surface area contributed by atoms with Crippen molar-refractivity contribution in [1.29, 1.82) is 0 Å². The van der Waals surface area contributed by atoms with Crippen molar-refractivity contribution in [2.75, 3.05) is 0 Å². The molecule has 0 unspecified atom stereocenters. The molecule has 3 aromatic heterocycles. The summed E-state index contributed by atoms with van der Waals surface area (Å²) in [6.07, 6.45) is 11.3. The second-order valence-corrected chi connectivity index (χ2v) is 18.6. The number of nitrogens with zero attached hydrogens (tertiary/aromatic N) is 4. The molecule has 0 saturated heterocycles. The fraction of sp³-hybridized carbons (Fsp3) is 0.294. The van der Waals surface area contributed by atoms with Crippen molar-refractivity contribution in [1.82, 2.24) is 19.6 Å². The second-order valence-electron chi connectivity index (χ2n) is 17.7. The highest BCUT2D eigenvalue weighted by atomic mass is 32.1. The fourth-order valence-corrected chi connectivity index (χ4v) is 11.8. The van der Waals surface area contributed by atoms with Crippen molar-refractivity contribution < 1.29 is 23.4 Å². The normalized spacial score (nSPS) is 24.7. The van der Waals surface area contributed by atoms with E-state index in [0.29, 0.717) is 24.8 Å². The van der Waals surface area contributed by atoms with Crippen molar-refractivity contribution >= 4 is 33.6 Å². The van der Waals surface area contributed by atoms with Crippen molar-refractivity contribution in [2.45, 2.75) is 76.7 Å². The van der Waals surface area contributed by atoms with Crippen LogP contribution < -0.4 is 0 Å². The molecule has 10 heteroatoms. The van der Waals surface area contributed by atoms with Gasteiger partial charge in [-0.2, -0.15) is 10.2 Å². The maximum Gasteiger partial charge on any atom is 0.150 e. The van der Waals surface area contributed by atoms with E-state index >= 15 is 4.39 Å². The number of hydrogen-bond donors (Lipinski definition) is 2. The highest BCUT2D eigenvalue weighted by molar-refractivity contribution is 7.17. The lowest BCUT2D eigenvalue weighted by molar-refractivity contribution is -0.0686. The Morgan fingerprint density at radius 1 is 0.738 bits per heavy atom. The van der Waals surface area contributed by atoms with Gasteiger partial charge < -0.3 is 10.2 Å². The molecule has 0 amide bonds. The van der Waals surface area contributed by atoms with Crippen LogP contribution in [-0.2, 0) is 19.3 Å². The highest BCUT2D eigenvalue weighted by Gasteiger charge is 2.61. The lowest BCUT2D eigenvalue weighted by atomic mass is 9.65. The molecule has 0 spiro atoms. The van der Waals surface area contributed by atoms with E-state index in [2.05, 4.69) is 35.3 Å². The van der Waals surface area contributed by atoms with E-state index in [1.165, 1.54) is 52.3 Å². The molecule has 61 heavy (non-hydrogen) atoms. The van der Waals surface area contributed by atoms with Gasteiger partial charge in [-0.1, -0.05) is 73.5 Å². The van der Waals surface area contributed by atoms with Crippen LogP contribution >= 0.6 is 11.3 Å². The molecule has 0 aliphatic heterocycles. The third-order valence-electron chi connectivity index (χ3n) is 14.3. The molecule has 4 aliphatic rings. The molecule has 0 bridgehead atoms. The van der Waals surface area contributed by atoms with Crippen LogP contribution in [0, 0.1) is 28.4 Å². The summed E-state index contributed by atoms with van der Waals surface area (Å²) in [6, 6.07) is 30.7. The first kappa shape index (κ1) is 39.6. The van der Waals surface area contributed by atoms with Gasteiger partial charge in [0.05, 0.1) is 41.3 Å². The van der Waals surface area contributed by atoms with Gasteiger partial charge in [-0.3, -0.25) is 0 Å². The Morgan fingerprint density at radius 3 is 1.98 bits per heavy atom. The molecule has 6 atom stereocenters. The summed E-state index contributed by atoms with van der Waals surface area (Å²) in [4.78, 5) is 0. The first-order chi connectivity index (χ1) is 29.4. The molecule has 11 rings (SSSR count). The van der Waals surface area contributed by atoms with Crippen LogP contribution in [0.1, 0.15) is 79.3 Å². The molecule has 6 nitrogen and oxygen atoms in total. The minimum absolute atomic E-state index is 0.0438. The molecule has 2 saturated carbocycles. The van der Waals surface area contributed by atoms with E-state index in [1.54, 1.807) is 35.1 Å². The van der Waals surface area contributed by atoms with Crippen LogP contribution in [0.5, 0.6) is 0 Å². The monoisotopic (exact) mass is 836 g/mol. The molecule has 4 aliphatic carbocycles. The summed E-state index contributed by atoms with van der Waals surface area (Å²) in [6.45, 7) is 4.23. The first-order valence-corrected chi connectivity index (χ1v) is 22.0. The zero-order chi connectivity index (χ0) is 42.1. The zero-order valence-corrected chi connectivity index (χ0v) is 34.9. The summed E-state index contributed by atoms with van der Waals surface area (Å²) in [7, 11) is 0. The van der Waals surface area contributed by atoms with Gasteiger partial charge in [0, 0.05) is 15.7 Å². The first-order valence-electron chi connectivity index (χ1n) is 21.1. The Labute approximate surface area is 357 Å². The largest absolute Gasteiger partial charge is 0.392 e. The molecule has 4 aromatic carbocycles. The number of aliphatic hydroxyl groups excluding tert-OH is 2. The number of thiophene rings is 1. The number of alkyl halides is 1. The van der Waals surface area contributed by atoms with Gasteiger partial charge in [0.25, 0.3) is 0 Å². The number of rotatable bonds is 7. The molecule has 0 radical (unpaired) electrons. The lowest BCUT2D eigenvalue weighted by Gasteiger charge is -2.43. The number of aliphatic hydroxyl groups is 2. The smallest absolute Gasteiger partial charge is 0.150 e. The number of fused-ring (bicyclic) bond motifs is 5. The number of aromatic nitrogens is 4. The molecule has 310 valence electrons. The quantitative estimate of drug-likeness (QED) is 0.168. The average Bonchev–Trinajstić information content (AvgIpc) is 4.09.